The molecule has 7 heteroatoms. The fourth-order valence-electron chi connectivity index (χ4n) is 3.70. The van der Waals surface area contributed by atoms with Gasteiger partial charge in [0, 0.05) is 37.1 Å². The highest BCUT2D eigenvalue weighted by Crippen LogP contribution is 2.35. The number of carbonyl (C=O) groups is 1. The molecule has 1 aliphatic carbocycles. The van der Waals surface area contributed by atoms with Gasteiger partial charge in [-0.15, -0.1) is 0 Å². The first-order valence-corrected chi connectivity index (χ1v) is 9.88. The Morgan fingerprint density at radius 1 is 1.35 bits per heavy atom. The molecule has 1 aliphatic heterocycles. The van der Waals surface area contributed by atoms with Crippen LogP contribution in [-0.4, -0.2) is 45.5 Å². The fourth-order valence-corrected chi connectivity index (χ4v) is 4.02. The molecule has 0 bridgehead atoms. The number of aromatic nitrogens is 2. The number of piperidine rings is 1. The van der Waals surface area contributed by atoms with E-state index in [1.165, 1.54) is 5.56 Å². The molecule has 3 N–H and O–H groups in total. The number of hydrogen-bond donors (Lipinski definition) is 3. The molecule has 0 radical (unpaired) electrons. The summed E-state index contributed by atoms with van der Waals surface area (Å²) in [5.74, 6) is 1.39. The summed E-state index contributed by atoms with van der Waals surface area (Å²) >= 11 is 5.44. The van der Waals surface area contributed by atoms with Crippen LogP contribution in [0, 0.1) is 5.92 Å². The van der Waals surface area contributed by atoms with E-state index in [0.29, 0.717) is 11.7 Å². The number of aromatic amines is 1. The van der Waals surface area contributed by atoms with E-state index in [0.717, 1.165) is 61.5 Å². The third-order valence-corrected chi connectivity index (χ3v) is 5.71. The predicted molar refractivity (Wildman–Crippen MR) is 107 cm³/mol. The lowest BCUT2D eigenvalue weighted by atomic mass is 9.88. The standard InChI is InChI=1S/C19H25N5OS/c1-2-20-19(26)24-9-6-12(7-10-24)15-11-16(23-18(25)13-3-4-13)22-17-14(15)5-8-21-17/h5,8,11-13H,2-4,6-7,9-10H2,1H3,(H,20,26)(H2,21,22,23,25). The number of pyridine rings is 1. The van der Waals surface area contributed by atoms with Gasteiger partial charge in [-0.3, -0.25) is 4.79 Å². The van der Waals surface area contributed by atoms with Crippen molar-refractivity contribution >= 4 is 40.1 Å². The van der Waals surface area contributed by atoms with Crippen LogP contribution in [0.2, 0.25) is 0 Å². The van der Waals surface area contributed by atoms with Gasteiger partial charge in [-0.05, 0) is 68.4 Å². The summed E-state index contributed by atoms with van der Waals surface area (Å²) in [6.45, 7) is 4.83. The fraction of sp³-hybridized carbons (Fsp3) is 0.526. The molecule has 138 valence electrons. The van der Waals surface area contributed by atoms with Crippen molar-refractivity contribution in [1.29, 1.82) is 0 Å². The number of nitrogens with zero attached hydrogens (tertiary/aromatic N) is 2. The minimum absolute atomic E-state index is 0.0974. The van der Waals surface area contributed by atoms with E-state index in [2.05, 4.69) is 44.6 Å². The Labute approximate surface area is 158 Å². The monoisotopic (exact) mass is 371 g/mol. The molecule has 3 heterocycles. The largest absolute Gasteiger partial charge is 0.363 e. The average Bonchev–Trinajstić information content (AvgIpc) is 3.40. The molecule has 1 saturated carbocycles. The number of amides is 1. The van der Waals surface area contributed by atoms with Gasteiger partial charge in [-0.1, -0.05) is 0 Å². The maximum atomic E-state index is 12.1. The summed E-state index contributed by atoms with van der Waals surface area (Å²) in [5, 5.41) is 8.24. The van der Waals surface area contributed by atoms with Gasteiger partial charge >= 0.3 is 0 Å². The predicted octanol–water partition coefficient (Wildman–Crippen LogP) is 2.99. The molecule has 2 aromatic rings. The van der Waals surface area contributed by atoms with E-state index in [1.807, 2.05) is 6.20 Å². The number of thiocarbonyl (C=S) groups is 1. The third-order valence-electron chi connectivity index (χ3n) is 5.31. The number of carbonyl (C=O) groups excluding carboxylic acids is 1. The second kappa shape index (κ2) is 7.23. The molecule has 0 aromatic carbocycles. The van der Waals surface area contributed by atoms with E-state index < -0.39 is 0 Å². The molecule has 1 amide bonds. The maximum Gasteiger partial charge on any atom is 0.228 e. The van der Waals surface area contributed by atoms with Crippen molar-refractivity contribution < 1.29 is 4.79 Å². The van der Waals surface area contributed by atoms with Crippen molar-refractivity contribution in [2.45, 2.75) is 38.5 Å². The lowest BCUT2D eigenvalue weighted by Gasteiger charge is -2.34. The molecule has 2 fully saturated rings. The Morgan fingerprint density at radius 2 is 2.12 bits per heavy atom. The summed E-state index contributed by atoms with van der Waals surface area (Å²) in [6.07, 6.45) is 6.00. The van der Waals surface area contributed by atoms with Gasteiger partial charge in [0.1, 0.15) is 11.5 Å². The molecule has 0 spiro atoms. The van der Waals surface area contributed by atoms with Crippen LogP contribution in [-0.2, 0) is 4.79 Å². The highest BCUT2D eigenvalue weighted by Gasteiger charge is 2.30. The van der Waals surface area contributed by atoms with Gasteiger partial charge in [0.25, 0.3) is 0 Å². The normalized spacial score (nSPS) is 18.1. The van der Waals surface area contributed by atoms with Crippen LogP contribution in [0.1, 0.15) is 44.1 Å². The van der Waals surface area contributed by atoms with Gasteiger partial charge in [0.15, 0.2) is 5.11 Å². The first-order valence-electron chi connectivity index (χ1n) is 9.47. The van der Waals surface area contributed by atoms with Crippen LogP contribution >= 0.6 is 12.2 Å². The first-order chi connectivity index (χ1) is 12.7. The Balaban J connectivity index is 1.53. The molecule has 2 aliphatic rings. The SMILES string of the molecule is CCNC(=S)N1CCC(c2cc(NC(=O)C3CC3)nc3[nH]ccc23)CC1. The van der Waals surface area contributed by atoms with Crippen molar-refractivity contribution in [2.24, 2.45) is 5.92 Å². The Morgan fingerprint density at radius 3 is 2.81 bits per heavy atom. The van der Waals surface area contributed by atoms with Crippen LogP contribution in [0.3, 0.4) is 0 Å². The summed E-state index contributed by atoms with van der Waals surface area (Å²) < 4.78 is 0. The van der Waals surface area contributed by atoms with Gasteiger partial charge in [0.2, 0.25) is 5.91 Å². The Hall–Kier alpha value is -2.15. The van der Waals surface area contributed by atoms with Crippen molar-refractivity contribution in [2.75, 3.05) is 25.0 Å². The molecule has 4 rings (SSSR count). The number of anilines is 1. The second-order valence-corrected chi connectivity index (χ2v) is 7.58. The minimum Gasteiger partial charge on any atom is -0.363 e. The number of fused-ring (bicyclic) bond motifs is 1. The number of likely N-dealkylation sites (tertiary alicyclic amines) is 1. The Bertz CT molecular complexity index is 820. The molecule has 6 nitrogen and oxygen atoms in total. The number of hydrogen-bond acceptors (Lipinski definition) is 3. The van der Waals surface area contributed by atoms with E-state index in [-0.39, 0.29) is 11.8 Å². The molecule has 1 saturated heterocycles. The molecular formula is C19H25N5OS. The lowest BCUT2D eigenvalue weighted by molar-refractivity contribution is -0.117. The summed E-state index contributed by atoms with van der Waals surface area (Å²) in [6, 6.07) is 4.15. The smallest absolute Gasteiger partial charge is 0.228 e. The topological polar surface area (TPSA) is 73.0 Å². The van der Waals surface area contributed by atoms with Gasteiger partial charge in [-0.25, -0.2) is 4.98 Å². The molecular weight excluding hydrogens is 346 g/mol. The first kappa shape index (κ1) is 17.3. The van der Waals surface area contributed by atoms with Crippen molar-refractivity contribution in [3.05, 3.63) is 23.9 Å². The highest BCUT2D eigenvalue weighted by atomic mass is 32.1. The van der Waals surface area contributed by atoms with Gasteiger partial charge in [-0.2, -0.15) is 0 Å². The quantitative estimate of drug-likeness (QED) is 0.721. The number of H-pyrrole nitrogens is 1. The van der Waals surface area contributed by atoms with Crippen LogP contribution in [0.25, 0.3) is 11.0 Å². The zero-order valence-corrected chi connectivity index (χ0v) is 15.9. The summed E-state index contributed by atoms with van der Waals surface area (Å²) in [7, 11) is 0. The van der Waals surface area contributed by atoms with Crippen LogP contribution in [0.15, 0.2) is 18.3 Å². The summed E-state index contributed by atoms with van der Waals surface area (Å²) in [5.41, 5.74) is 2.12. The zero-order chi connectivity index (χ0) is 18.1. The van der Waals surface area contributed by atoms with Gasteiger partial charge in [0.05, 0.1) is 0 Å². The van der Waals surface area contributed by atoms with E-state index in [4.69, 9.17) is 12.2 Å². The third kappa shape index (κ3) is 3.53. The average molecular weight is 372 g/mol. The van der Waals surface area contributed by atoms with Crippen molar-refractivity contribution in [3.63, 3.8) is 0 Å². The van der Waals surface area contributed by atoms with Crippen molar-refractivity contribution in [3.8, 4) is 0 Å². The molecule has 26 heavy (non-hydrogen) atoms. The van der Waals surface area contributed by atoms with Crippen molar-refractivity contribution in [1.82, 2.24) is 20.2 Å². The summed E-state index contributed by atoms with van der Waals surface area (Å²) in [4.78, 5) is 22.2. The number of nitrogens with one attached hydrogen (secondary N) is 3. The Kier molecular flexibility index (Phi) is 4.80. The van der Waals surface area contributed by atoms with Gasteiger partial charge < -0.3 is 20.5 Å². The van der Waals surface area contributed by atoms with Crippen LogP contribution in [0.5, 0.6) is 0 Å². The molecule has 0 unspecified atom stereocenters. The molecule has 2 aromatic heterocycles. The number of rotatable bonds is 4. The lowest BCUT2D eigenvalue weighted by Crippen LogP contribution is -2.43. The highest BCUT2D eigenvalue weighted by molar-refractivity contribution is 7.80. The minimum atomic E-state index is 0.0974. The van der Waals surface area contributed by atoms with E-state index in [9.17, 15) is 4.79 Å². The van der Waals surface area contributed by atoms with Crippen LogP contribution < -0.4 is 10.6 Å². The zero-order valence-electron chi connectivity index (χ0n) is 15.0. The van der Waals surface area contributed by atoms with Crippen LogP contribution in [0.4, 0.5) is 5.82 Å². The van der Waals surface area contributed by atoms with E-state index >= 15 is 0 Å². The van der Waals surface area contributed by atoms with E-state index in [1.54, 1.807) is 0 Å². The molecule has 0 atom stereocenters. The second-order valence-electron chi connectivity index (χ2n) is 7.20. The maximum absolute atomic E-state index is 12.1.